The first kappa shape index (κ1) is 12.6. The fourth-order valence-electron chi connectivity index (χ4n) is 2.12. The molecule has 0 radical (unpaired) electrons. The number of aromatic nitrogens is 3. The van der Waals surface area contributed by atoms with Gasteiger partial charge in [-0.2, -0.15) is 5.10 Å². The number of ether oxygens (including phenoxy) is 1. The second-order valence-corrected chi connectivity index (χ2v) is 4.15. The van der Waals surface area contributed by atoms with Crippen LogP contribution in [-0.2, 0) is 7.05 Å². The zero-order valence-corrected chi connectivity index (χ0v) is 11.1. The summed E-state index contributed by atoms with van der Waals surface area (Å²) in [5.41, 5.74) is 3.10. The van der Waals surface area contributed by atoms with Crippen LogP contribution < -0.4 is 10.1 Å². The molecule has 2 heterocycles. The van der Waals surface area contributed by atoms with Crippen molar-refractivity contribution in [3.8, 4) is 5.75 Å². The van der Waals surface area contributed by atoms with Gasteiger partial charge in [-0.05, 0) is 25.6 Å². The maximum Gasteiger partial charge on any atom is 0.161 e. The number of nitrogens with zero attached hydrogens (tertiary/aromatic N) is 3. The SMILES string of the molecule is CNC(c1ncccc1C)c1c(OC)cnn1C. The van der Waals surface area contributed by atoms with Crippen LogP contribution in [0.25, 0.3) is 0 Å². The number of nitrogens with one attached hydrogen (secondary N) is 1. The third-order valence-corrected chi connectivity index (χ3v) is 3.05. The van der Waals surface area contributed by atoms with E-state index in [2.05, 4.69) is 28.4 Å². The molecule has 0 saturated carbocycles. The molecule has 0 aromatic carbocycles. The summed E-state index contributed by atoms with van der Waals surface area (Å²) in [6, 6.07) is 3.95. The standard InChI is InChI=1S/C13H18N4O/c1-9-6-5-7-15-11(9)12(14-2)13-10(18-4)8-16-17(13)3/h5-8,12,14H,1-4H3. The molecule has 0 saturated heterocycles. The molecule has 0 fully saturated rings. The van der Waals surface area contributed by atoms with Crippen LogP contribution in [0.15, 0.2) is 24.5 Å². The lowest BCUT2D eigenvalue weighted by molar-refractivity contribution is 0.402. The highest BCUT2D eigenvalue weighted by Crippen LogP contribution is 2.29. The van der Waals surface area contributed by atoms with Gasteiger partial charge in [0.25, 0.3) is 0 Å². The first-order valence-electron chi connectivity index (χ1n) is 5.83. The van der Waals surface area contributed by atoms with Gasteiger partial charge in [0.05, 0.1) is 25.0 Å². The molecule has 96 valence electrons. The van der Waals surface area contributed by atoms with Crippen molar-refractivity contribution < 1.29 is 4.74 Å². The van der Waals surface area contributed by atoms with E-state index in [1.54, 1.807) is 19.5 Å². The summed E-state index contributed by atoms with van der Waals surface area (Å²) in [6.45, 7) is 2.05. The third-order valence-electron chi connectivity index (χ3n) is 3.05. The Morgan fingerprint density at radius 1 is 1.44 bits per heavy atom. The Hall–Kier alpha value is -1.88. The quantitative estimate of drug-likeness (QED) is 0.887. The summed E-state index contributed by atoms with van der Waals surface area (Å²) in [5, 5.41) is 7.51. The Morgan fingerprint density at radius 2 is 2.22 bits per heavy atom. The molecule has 5 nitrogen and oxygen atoms in total. The summed E-state index contributed by atoms with van der Waals surface area (Å²) in [6.07, 6.45) is 3.52. The van der Waals surface area contributed by atoms with E-state index in [4.69, 9.17) is 4.74 Å². The topological polar surface area (TPSA) is 52.0 Å². The van der Waals surface area contributed by atoms with Crippen LogP contribution in [-0.4, -0.2) is 28.9 Å². The molecular weight excluding hydrogens is 228 g/mol. The second-order valence-electron chi connectivity index (χ2n) is 4.15. The van der Waals surface area contributed by atoms with Gasteiger partial charge in [0.1, 0.15) is 5.69 Å². The molecular formula is C13H18N4O. The first-order chi connectivity index (χ1) is 8.69. The lowest BCUT2D eigenvalue weighted by atomic mass is 10.0. The molecule has 0 aliphatic carbocycles. The summed E-state index contributed by atoms with van der Waals surface area (Å²) < 4.78 is 7.17. The summed E-state index contributed by atoms with van der Waals surface area (Å²) in [7, 11) is 5.46. The smallest absolute Gasteiger partial charge is 0.161 e. The third kappa shape index (κ3) is 2.09. The molecule has 0 aliphatic rings. The van der Waals surface area contributed by atoms with E-state index in [-0.39, 0.29) is 6.04 Å². The second kappa shape index (κ2) is 5.18. The largest absolute Gasteiger partial charge is 0.493 e. The lowest BCUT2D eigenvalue weighted by Crippen LogP contribution is -2.23. The monoisotopic (exact) mass is 246 g/mol. The fraction of sp³-hybridized carbons (Fsp3) is 0.385. The maximum atomic E-state index is 5.36. The van der Waals surface area contributed by atoms with E-state index >= 15 is 0 Å². The molecule has 1 atom stereocenters. The van der Waals surface area contributed by atoms with Gasteiger partial charge in [0.15, 0.2) is 5.75 Å². The molecule has 18 heavy (non-hydrogen) atoms. The predicted molar refractivity (Wildman–Crippen MR) is 69.6 cm³/mol. The van der Waals surface area contributed by atoms with E-state index < -0.39 is 0 Å². The Kier molecular flexibility index (Phi) is 3.62. The number of methoxy groups -OCH3 is 1. The van der Waals surface area contributed by atoms with Crippen molar-refractivity contribution >= 4 is 0 Å². The number of hydrogen-bond donors (Lipinski definition) is 1. The predicted octanol–water partition coefficient (Wildman–Crippen LogP) is 1.44. The highest BCUT2D eigenvalue weighted by atomic mass is 16.5. The van der Waals surface area contributed by atoms with E-state index in [0.717, 1.165) is 22.7 Å². The van der Waals surface area contributed by atoms with Gasteiger partial charge >= 0.3 is 0 Å². The molecule has 1 unspecified atom stereocenters. The Morgan fingerprint density at radius 3 is 2.83 bits per heavy atom. The fourth-order valence-corrected chi connectivity index (χ4v) is 2.12. The minimum atomic E-state index is -0.0337. The van der Waals surface area contributed by atoms with Crippen LogP contribution in [0, 0.1) is 6.92 Å². The zero-order valence-electron chi connectivity index (χ0n) is 11.1. The van der Waals surface area contributed by atoms with Gasteiger partial charge in [-0.25, -0.2) is 0 Å². The molecule has 0 spiro atoms. The van der Waals surface area contributed by atoms with Gasteiger partial charge in [0, 0.05) is 13.2 Å². The number of pyridine rings is 1. The molecule has 0 amide bonds. The number of aryl methyl sites for hydroxylation is 2. The van der Waals surface area contributed by atoms with Crippen molar-refractivity contribution in [2.75, 3.05) is 14.2 Å². The van der Waals surface area contributed by atoms with Crippen LogP contribution in [0.3, 0.4) is 0 Å². The minimum absolute atomic E-state index is 0.0337. The van der Waals surface area contributed by atoms with Crippen LogP contribution in [0.1, 0.15) is 23.0 Å². The van der Waals surface area contributed by atoms with Crippen LogP contribution in [0.2, 0.25) is 0 Å². The van der Waals surface area contributed by atoms with Gasteiger partial charge in [-0.15, -0.1) is 0 Å². The Bertz CT molecular complexity index is 536. The molecule has 2 aromatic heterocycles. The van der Waals surface area contributed by atoms with Crippen molar-refractivity contribution in [1.29, 1.82) is 0 Å². The first-order valence-corrected chi connectivity index (χ1v) is 5.83. The molecule has 0 bridgehead atoms. The van der Waals surface area contributed by atoms with Gasteiger partial charge in [-0.1, -0.05) is 6.07 Å². The molecule has 5 heteroatoms. The summed E-state index contributed by atoms with van der Waals surface area (Å²) in [5.74, 6) is 0.766. The Labute approximate surface area is 107 Å². The molecule has 2 aromatic rings. The highest BCUT2D eigenvalue weighted by Gasteiger charge is 2.23. The number of hydrogen-bond acceptors (Lipinski definition) is 4. The Balaban J connectivity index is 2.52. The molecule has 1 N–H and O–H groups in total. The molecule has 2 rings (SSSR count). The van der Waals surface area contributed by atoms with Gasteiger partial charge < -0.3 is 10.1 Å². The molecule has 0 aliphatic heterocycles. The van der Waals surface area contributed by atoms with E-state index in [1.807, 2.05) is 24.8 Å². The van der Waals surface area contributed by atoms with E-state index in [0.29, 0.717) is 0 Å². The number of rotatable bonds is 4. The average Bonchev–Trinajstić information content (AvgIpc) is 2.74. The van der Waals surface area contributed by atoms with E-state index in [1.165, 1.54) is 0 Å². The summed E-state index contributed by atoms with van der Waals surface area (Å²) >= 11 is 0. The summed E-state index contributed by atoms with van der Waals surface area (Å²) in [4.78, 5) is 4.46. The van der Waals surface area contributed by atoms with Crippen molar-refractivity contribution in [3.63, 3.8) is 0 Å². The average molecular weight is 246 g/mol. The van der Waals surface area contributed by atoms with E-state index in [9.17, 15) is 0 Å². The van der Waals surface area contributed by atoms with Crippen molar-refractivity contribution in [2.24, 2.45) is 7.05 Å². The van der Waals surface area contributed by atoms with Crippen LogP contribution >= 0.6 is 0 Å². The van der Waals surface area contributed by atoms with Crippen molar-refractivity contribution in [1.82, 2.24) is 20.1 Å². The van der Waals surface area contributed by atoms with Crippen molar-refractivity contribution in [3.05, 3.63) is 41.5 Å². The minimum Gasteiger partial charge on any atom is -0.493 e. The highest BCUT2D eigenvalue weighted by molar-refractivity contribution is 5.36. The van der Waals surface area contributed by atoms with Crippen molar-refractivity contribution in [2.45, 2.75) is 13.0 Å². The van der Waals surface area contributed by atoms with Gasteiger partial charge in [0.2, 0.25) is 0 Å². The van der Waals surface area contributed by atoms with Crippen LogP contribution in [0.4, 0.5) is 0 Å². The normalized spacial score (nSPS) is 12.4. The zero-order chi connectivity index (χ0) is 13.1. The lowest BCUT2D eigenvalue weighted by Gasteiger charge is -2.19. The van der Waals surface area contributed by atoms with Crippen LogP contribution in [0.5, 0.6) is 5.75 Å². The maximum absolute atomic E-state index is 5.36. The van der Waals surface area contributed by atoms with Gasteiger partial charge in [-0.3, -0.25) is 9.67 Å².